The van der Waals surface area contributed by atoms with Crippen LogP contribution < -0.4 is 0 Å². The SMILES string of the molecule is Cc1cccc2nc(CC3CCCCN3C(C)C)nn12. The molecule has 108 valence electrons. The van der Waals surface area contributed by atoms with Crippen molar-refractivity contribution in [3.63, 3.8) is 0 Å². The van der Waals surface area contributed by atoms with Crippen molar-refractivity contribution in [2.45, 2.75) is 58.5 Å². The van der Waals surface area contributed by atoms with Crippen LogP contribution in [0.2, 0.25) is 0 Å². The third-order valence-corrected chi connectivity index (χ3v) is 4.35. The van der Waals surface area contributed by atoms with Gasteiger partial charge >= 0.3 is 0 Å². The normalized spacial score (nSPS) is 20.9. The second-order valence-electron chi connectivity index (χ2n) is 6.15. The lowest BCUT2D eigenvalue weighted by atomic mass is 9.97. The Hall–Kier alpha value is -1.42. The molecule has 2 aromatic heterocycles. The summed E-state index contributed by atoms with van der Waals surface area (Å²) in [5.41, 5.74) is 2.11. The lowest BCUT2D eigenvalue weighted by Gasteiger charge is -2.38. The number of hydrogen-bond acceptors (Lipinski definition) is 3. The van der Waals surface area contributed by atoms with Crippen LogP contribution >= 0.6 is 0 Å². The highest BCUT2D eigenvalue weighted by Crippen LogP contribution is 2.22. The zero-order valence-electron chi connectivity index (χ0n) is 12.7. The molecular weight excluding hydrogens is 248 g/mol. The van der Waals surface area contributed by atoms with E-state index >= 15 is 0 Å². The Labute approximate surface area is 120 Å². The Morgan fingerprint density at radius 1 is 1.30 bits per heavy atom. The van der Waals surface area contributed by atoms with Crippen molar-refractivity contribution in [2.24, 2.45) is 0 Å². The van der Waals surface area contributed by atoms with E-state index in [1.807, 2.05) is 16.6 Å². The molecule has 1 fully saturated rings. The van der Waals surface area contributed by atoms with Crippen molar-refractivity contribution < 1.29 is 0 Å². The number of pyridine rings is 1. The number of nitrogens with zero attached hydrogens (tertiary/aromatic N) is 4. The van der Waals surface area contributed by atoms with Crippen LogP contribution in [-0.2, 0) is 6.42 Å². The van der Waals surface area contributed by atoms with Gasteiger partial charge in [0.2, 0.25) is 0 Å². The minimum atomic E-state index is 0.599. The number of likely N-dealkylation sites (tertiary alicyclic amines) is 1. The molecule has 4 heteroatoms. The minimum absolute atomic E-state index is 0.599. The van der Waals surface area contributed by atoms with Crippen LogP contribution in [0.3, 0.4) is 0 Å². The molecule has 0 spiro atoms. The average Bonchev–Trinajstić information content (AvgIpc) is 2.83. The molecule has 0 aromatic carbocycles. The molecule has 20 heavy (non-hydrogen) atoms. The maximum absolute atomic E-state index is 4.69. The molecule has 1 unspecified atom stereocenters. The smallest absolute Gasteiger partial charge is 0.155 e. The van der Waals surface area contributed by atoms with Crippen LogP contribution in [0.15, 0.2) is 18.2 Å². The lowest BCUT2D eigenvalue weighted by molar-refractivity contribution is 0.110. The summed E-state index contributed by atoms with van der Waals surface area (Å²) in [6.45, 7) is 7.88. The minimum Gasteiger partial charge on any atom is -0.298 e. The van der Waals surface area contributed by atoms with Crippen molar-refractivity contribution in [1.82, 2.24) is 19.5 Å². The van der Waals surface area contributed by atoms with Crippen LogP contribution in [0.1, 0.15) is 44.6 Å². The molecule has 1 aliphatic heterocycles. The highest BCUT2D eigenvalue weighted by Gasteiger charge is 2.25. The highest BCUT2D eigenvalue weighted by atomic mass is 15.3. The Morgan fingerprint density at radius 3 is 2.90 bits per heavy atom. The largest absolute Gasteiger partial charge is 0.298 e. The monoisotopic (exact) mass is 272 g/mol. The molecule has 3 heterocycles. The fraction of sp³-hybridized carbons (Fsp3) is 0.625. The third-order valence-electron chi connectivity index (χ3n) is 4.35. The summed E-state index contributed by atoms with van der Waals surface area (Å²) in [4.78, 5) is 7.30. The topological polar surface area (TPSA) is 33.4 Å². The van der Waals surface area contributed by atoms with E-state index in [0.717, 1.165) is 23.6 Å². The standard InChI is InChI=1S/C16H24N4/c1-12(2)19-10-5-4-8-14(19)11-15-17-16-9-6-7-13(3)20(16)18-15/h6-7,9,12,14H,4-5,8,10-11H2,1-3H3. The van der Waals surface area contributed by atoms with Crippen LogP contribution in [0.4, 0.5) is 0 Å². The van der Waals surface area contributed by atoms with E-state index in [1.54, 1.807) is 0 Å². The van der Waals surface area contributed by atoms with Crippen molar-refractivity contribution in [1.29, 1.82) is 0 Å². The number of hydrogen-bond donors (Lipinski definition) is 0. The summed E-state index contributed by atoms with van der Waals surface area (Å²) in [5.74, 6) is 0.983. The van der Waals surface area contributed by atoms with Gasteiger partial charge in [-0.05, 0) is 52.3 Å². The van der Waals surface area contributed by atoms with Crippen molar-refractivity contribution >= 4 is 5.65 Å². The fourth-order valence-corrected chi connectivity index (χ4v) is 3.30. The zero-order chi connectivity index (χ0) is 14.1. The van der Waals surface area contributed by atoms with Gasteiger partial charge < -0.3 is 0 Å². The van der Waals surface area contributed by atoms with E-state index < -0.39 is 0 Å². The second kappa shape index (κ2) is 5.52. The van der Waals surface area contributed by atoms with Gasteiger partial charge in [0.25, 0.3) is 0 Å². The van der Waals surface area contributed by atoms with Gasteiger partial charge in [0.15, 0.2) is 11.5 Å². The molecule has 0 saturated carbocycles. The maximum atomic E-state index is 4.69. The van der Waals surface area contributed by atoms with Gasteiger partial charge in [-0.25, -0.2) is 9.50 Å². The van der Waals surface area contributed by atoms with Crippen molar-refractivity contribution in [3.05, 3.63) is 29.7 Å². The molecule has 1 aliphatic rings. The summed E-state index contributed by atoms with van der Waals surface area (Å²) < 4.78 is 1.96. The van der Waals surface area contributed by atoms with Crippen molar-refractivity contribution in [3.8, 4) is 0 Å². The van der Waals surface area contributed by atoms with Gasteiger partial charge in [-0.1, -0.05) is 12.5 Å². The molecule has 3 rings (SSSR count). The van der Waals surface area contributed by atoms with Crippen LogP contribution in [-0.4, -0.2) is 38.1 Å². The highest BCUT2D eigenvalue weighted by molar-refractivity contribution is 5.38. The van der Waals surface area contributed by atoms with Crippen molar-refractivity contribution in [2.75, 3.05) is 6.54 Å². The van der Waals surface area contributed by atoms with Gasteiger partial charge in [0, 0.05) is 24.2 Å². The summed E-state index contributed by atoms with van der Waals surface area (Å²) in [6.07, 6.45) is 4.90. The number of piperidine rings is 1. The van der Waals surface area contributed by atoms with Crippen LogP contribution in [0, 0.1) is 6.92 Å². The predicted molar refractivity (Wildman–Crippen MR) is 80.9 cm³/mol. The fourth-order valence-electron chi connectivity index (χ4n) is 3.30. The van der Waals surface area contributed by atoms with E-state index in [1.165, 1.54) is 25.8 Å². The molecule has 2 aromatic rings. The summed E-state index contributed by atoms with van der Waals surface area (Å²) in [5, 5.41) is 4.68. The van der Waals surface area contributed by atoms with E-state index in [-0.39, 0.29) is 0 Å². The quantitative estimate of drug-likeness (QED) is 0.861. The average molecular weight is 272 g/mol. The molecule has 0 radical (unpaired) electrons. The Morgan fingerprint density at radius 2 is 2.15 bits per heavy atom. The van der Waals surface area contributed by atoms with Gasteiger partial charge in [-0.3, -0.25) is 4.90 Å². The van der Waals surface area contributed by atoms with Crippen LogP contribution in [0.25, 0.3) is 5.65 Å². The third kappa shape index (κ3) is 2.57. The summed E-state index contributed by atoms with van der Waals surface area (Å²) >= 11 is 0. The predicted octanol–water partition coefficient (Wildman–Crippen LogP) is 2.84. The first-order chi connectivity index (χ1) is 9.65. The Kier molecular flexibility index (Phi) is 3.74. The molecule has 1 saturated heterocycles. The maximum Gasteiger partial charge on any atom is 0.155 e. The molecule has 1 atom stereocenters. The molecule has 0 amide bonds. The number of rotatable bonds is 3. The second-order valence-corrected chi connectivity index (χ2v) is 6.15. The van der Waals surface area contributed by atoms with E-state index in [0.29, 0.717) is 12.1 Å². The van der Waals surface area contributed by atoms with E-state index in [4.69, 9.17) is 0 Å². The Balaban J connectivity index is 1.82. The zero-order valence-corrected chi connectivity index (χ0v) is 12.7. The first-order valence-corrected chi connectivity index (χ1v) is 7.72. The van der Waals surface area contributed by atoms with Gasteiger partial charge in [0.05, 0.1) is 0 Å². The number of fused-ring (bicyclic) bond motifs is 1. The first kappa shape index (κ1) is 13.6. The van der Waals surface area contributed by atoms with Crippen LogP contribution in [0.5, 0.6) is 0 Å². The molecule has 0 aliphatic carbocycles. The molecule has 4 nitrogen and oxygen atoms in total. The molecule has 0 N–H and O–H groups in total. The molecular formula is C16H24N4. The number of aromatic nitrogens is 3. The summed E-state index contributed by atoms with van der Waals surface area (Å²) in [7, 11) is 0. The van der Waals surface area contributed by atoms with E-state index in [9.17, 15) is 0 Å². The Bertz CT molecular complexity index is 587. The summed E-state index contributed by atoms with van der Waals surface area (Å²) in [6, 6.07) is 7.36. The van der Waals surface area contributed by atoms with Gasteiger partial charge in [-0.2, -0.15) is 5.10 Å². The number of aryl methyl sites for hydroxylation is 1. The first-order valence-electron chi connectivity index (χ1n) is 7.72. The molecule has 0 bridgehead atoms. The van der Waals surface area contributed by atoms with E-state index in [2.05, 4.69) is 41.8 Å². The van der Waals surface area contributed by atoms with Gasteiger partial charge in [-0.15, -0.1) is 0 Å². The van der Waals surface area contributed by atoms with Gasteiger partial charge in [0.1, 0.15) is 0 Å². The lowest BCUT2D eigenvalue weighted by Crippen LogP contribution is -2.45.